The van der Waals surface area contributed by atoms with Crippen LogP contribution in [0, 0.1) is 13.8 Å². The molecule has 1 heterocycles. The zero-order chi connectivity index (χ0) is 26.6. The Kier molecular flexibility index (Phi) is 7.15. The fraction of sp³-hybridized carbons (Fsp3) is 0.0968. The fourth-order valence-corrected chi connectivity index (χ4v) is 4.11. The van der Waals surface area contributed by atoms with Crippen LogP contribution in [0.15, 0.2) is 97.1 Å². The van der Waals surface area contributed by atoms with E-state index in [1.165, 1.54) is 0 Å². The molecule has 0 radical (unpaired) electrons. The van der Waals surface area contributed by atoms with Crippen molar-refractivity contribution in [3.8, 4) is 28.2 Å². The maximum Gasteiger partial charge on any atom is 0.378 e. The van der Waals surface area contributed by atoms with E-state index in [-0.39, 0.29) is 11.6 Å². The molecule has 0 aliphatic carbocycles. The maximum atomic E-state index is 12.9. The number of aryl methyl sites for hydroxylation is 2. The van der Waals surface area contributed by atoms with Crippen LogP contribution in [0.1, 0.15) is 32.1 Å². The molecule has 0 amide bonds. The molecule has 6 nitrogen and oxygen atoms in total. The first-order valence-corrected chi connectivity index (χ1v) is 12.4. The number of halogens is 1. The summed E-state index contributed by atoms with van der Waals surface area (Å²) in [7, 11) is 0. The summed E-state index contributed by atoms with van der Waals surface area (Å²) >= 11 is 6.35. The lowest BCUT2D eigenvalue weighted by Gasteiger charge is -2.08. The van der Waals surface area contributed by atoms with Crippen LogP contribution in [0.2, 0.25) is 5.02 Å². The number of carbonyl (C=O) groups excluding carboxylic acids is 2. The van der Waals surface area contributed by atoms with Gasteiger partial charge < -0.3 is 4.74 Å². The molecule has 0 spiro atoms. The van der Waals surface area contributed by atoms with Crippen LogP contribution in [-0.2, 0) is 4.74 Å². The molecule has 0 N–H and O–H groups in total. The van der Waals surface area contributed by atoms with Gasteiger partial charge in [0, 0.05) is 16.1 Å². The minimum atomic E-state index is -0.787. The molecule has 7 heteroatoms. The summed E-state index contributed by atoms with van der Waals surface area (Å²) in [4.78, 5) is 30.0. The number of hydrogen-bond donors (Lipinski definition) is 0. The number of ketones is 1. The Hall–Kier alpha value is -4.55. The second kappa shape index (κ2) is 10.8. The monoisotopic (exact) mass is 521 g/mol. The molecule has 0 bridgehead atoms. The topological polar surface area (TPSA) is 74.1 Å². The van der Waals surface area contributed by atoms with E-state index in [9.17, 15) is 9.59 Å². The molecule has 0 saturated carbocycles. The summed E-state index contributed by atoms with van der Waals surface area (Å²) in [5, 5.41) is 4.98. The molecule has 4 aromatic carbocycles. The first kappa shape index (κ1) is 25.1. The third-order valence-electron chi connectivity index (χ3n) is 6.15. The molecule has 0 aliphatic rings. The zero-order valence-electron chi connectivity index (χ0n) is 20.9. The number of ether oxygens (including phenoxy) is 1. The fourth-order valence-electron chi connectivity index (χ4n) is 3.94. The normalized spacial score (nSPS) is 10.8. The average molecular weight is 522 g/mol. The smallest absolute Gasteiger partial charge is 0.378 e. The Morgan fingerprint density at radius 3 is 2.16 bits per heavy atom. The summed E-state index contributed by atoms with van der Waals surface area (Å²) in [5.41, 5.74) is 5.93. The molecule has 0 fully saturated rings. The molecule has 1 aromatic heterocycles. The highest BCUT2D eigenvalue weighted by Crippen LogP contribution is 2.25. The van der Waals surface area contributed by atoms with E-state index in [0.717, 1.165) is 27.8 Å². The third kappa shape index (κ3) is 5.41. The van der Waals surface area contributed by atoms with Crippen LogP contribution in [0.25, 0.3) is 28.2 Å². The quantitative estimate of drug-likeness (QED) is 0.172. The third-order valence-corrected chi connectivity index (χ3v) is 6.56. The van der Waals surface area contributed by atoms with Crippen molar-refractivity contribution in [2.45, 2.75) is 13.8 Å². The molecular formula is C31H24ClN3O3. The molecule has 0 saturated heterocycles. The van der Waals surface area contributed by atoms with Gasteiger partial charge in [0.25, 0.3) is 5.82 Å². The average Bonchev–Trinajstić information content (AvgIpc) is 3.40. The van der Waals surface area contributed by atoms with Gasteiger partial charge >= 0.3 is 5.97 Å². The number of benzene rings is 4. The van der Waals surface area contributed by atoms with Gasteiger partial charge in [-0.2, -0.15) is 0 Å². The summed E-state index contributed by atoms with van der Waals surface area (Å²) in [6.45, 7) is 3.47. The van der Waals surface area contributed by atoms with Crippen LogP contribution >= 0.6 is 11.6 Å². The first-order chi connectivity index (χ1) is 18.4. The van der Waals surface area contributed by atoms with Gasteiger partial charge in [-0.1, -0.05) is 102 Å². The molecule has 5 aromatic rings. The van der Waals surface area contributed by atoms with Crippen molar-refractivity contribution in [3.05, 3.63) is 125 Å². The highest BCUT2D eigenvalue weighted by Gasteiger charge is 2.21. The van der Waals surface area contributed by atoms with Crippen molar-refractivity contribution in [1.29, 1.82) is 0 Å². The van der Waals surface area contributed by atoms with Crippen molar-refractivity contribution in [1.82, 2.24) is 14.8 Å². The number of esters is 1. The number of Topliss-reactive ketones (excluding diaryl/α,β-unsaturated/α-hetero) is 1. The van der Waals surface area contributed by atoms with Gasteiger partial charge in [-0.15, -0.1) is 5.10 Å². The molecule has 0 atom stereocenters. The number of rotatable bonds is 7. The molecule has 0 unspecified atom stereocenters. The van der Waals surface area contributed by atoms with Crippen molar-refractivity contribution in [2.75, 3.05) is 6.61 Å². The summed E-state index contributed by atoms with van der Waals surface area (Å²) in [6, 6.07) is 30.3. The maximum absolute atomic E-state index is 12.9. The van der Waals surface area contributed by atoms with Gasteiger partial charge in [0.15, 0.2) is 18.2 Å². The van der Waals surface area contributed by atoms with E-state index in [4.69, 9.17) is 16.3 Å². The number of aromatic nitrogens is 3. The number of carbonyl (C=O) groups is 2. The lowest BCUT2D eigenvalue weighted by molar-refractivity contribution is 0.0462. The van der Waals surface area contributed by atoms with Crippen LogP contribution in [0.3, 0.4) is 0 Å². The Morgan fingerprint density at radius 1 is 0.816 bits per heavy atom. The highest BCUT2D eigenvalue weighted by molar-refractivity contribution is 6.31. The standard InChI is InChI=1S/C31H24ClN3O3/c1-20-8-11-25(12-9-20)30-33-29(34-35(30)26-17-10-21(2)27(32)18-26)31(37)38-19-28(36)24-15-13-23(14-16-24)22-6-4-3-5-7-22/h3-18H,19H2,1-2H3. The second-order valence-electron chi connectivity index (χ2n) is 8.91. The van der Waals surface area contributed by atoms with Crippen LogP contribution in [0.5, 0.6) is 0 Å². The van der Waals surface area contributed by atoms with Gasteiger partial charge in [-0.3, -0.25) is 4.79 Å². The minimum absolute atomic E-state index is 0.149. The van der Waals surface area contributed by atoms with Gasteiger partial charge in [-0.25, -0.2) is 14.5 Å². The van der Waals surface area contributed by atoms with Crippen LogP contribution in [0.4, 0.5) is 0 Å². The van der Waals surface area contributed by atoms with Crippen molar-refractivity contribution < 1.29 is 14.3 Å². The van der Waals surface area contributed by atoms with E-state index in [1.54, 1.807) is 22.9 Å². The van der Waals surface area contributed by atoms with E-state index >= 15 is 0 Å². The SMILES string of the molecule is Cc1ccc(-c2nc(C(=O)OCC(=O)c3ccc(-c4ccccc4)cc3)nn2-c2ccc(C)c(Cl)c2)cc1. The predicted molar refractivity (Wildman–Crippen MR) is 148 cm³/mol. The Bertz CT molecular complexity index is 1610. The van der Waals surface area contributed by atoms with Crippen LogP contribution in [-0.4, -0.2) is 33.1 Å². The van der Waals surface area contributed by atoms with E-state index in [2.05, 4.69) is 10.1 Å². The summed E-state index contributed by atoms with van der Waals surface area (Å²) in [5.74, 6) is -0.796. The Labute approximate surface area is 225 Å². The van der Waals surface area contributed by atoms with Gasteiger partial charge in [0.1, 0.15) is 0 Å². The van der Waals surface area contributed by atoms with Crippen molar-refractivity contribution >= 4 is 23.4 Å². The molecule has 188 valence electrons. The van der Waals surface area contributed by atoms with Crippen molar-refractivity contribution in [2.24, 2.45) is 0 Å². The van der Waals surface area contributed by atoms with Crippen molar-refractivity contribution in [3.63, 3.8) is 0 Å². The van der Waals surface area contributed by atoms with E-state index in [1.807, 2.05) is 92.7 Å². The van der Waals surface area contributed by atoms with Gasteiger partial charge in [-0.05, 0) is 42.7 Å². The Morgan fingerprint density at radius 2 is 1.47 bits per heavy atom. The molecular weight excluding hydrogens is 498 g/mol. The molecule has 5 rings (SSSR count). The minimum Gasteiger partial charge on any atom is -0.451 e. The lowest BCUT2D eigenvalue weighted by Crippen LogP contribution is -2.15. The first-order valence-electron chi connectivity index (χ1n) is 12.1. The molecule has 0 aliphatic heterocycles. The Balaban J connectivity index is 1.35. The number of nitrogens with zero attached hydrogens (tertiary/aromatic N) is 3. The van der Waals surface area contributed by atoms with Gasteiger partial charge in [0.05, 0.1) is 5.69 Å². The van der Waals surface area contributed by atoms with E-state index < -0.39 is 12.6 Å². The predicted octanol–water partition coefficient (Wildman–Crippen LogP) is 6.91. The van der Waals surface area contributed by atoms with Crippen LogP contribution < -0.4 is 0 Å². The number of hydrogen-bond acceptors (Lipinski definition) is 5. The largest absolute Gasteiger partial charge is 0.451 e. The summed E-state index contributed by atoms with van der Waals surface area (Å²) in [6.07, 6.45) is 0. The summed E-state index contributed by atoms with van der Waals surface area (Å²) < 4.78 is 6.86. The highest BCUT2D eigenvalue weighted by atomic mass is 35.5. The second-order valence-corrected chi connectivity index (χ2v) is 9.32. The van der Waals surface area contributed by atoms with E-state index in [0.29, 0.717) is 22.1 Å². The lowest BCUT2D eigenvalue weighted by atomic mass is 10.0. The zero-order valence-corrected chi connectivity index (χ0v) is 21.6. The van der Waals surface area contributed by atoms with Gasteiger partial charge in [0.2, 0.25) is 0 Å². The molecule has 38 heavy (non-hydrogen) atoms.